The number of hydrogen-bond donors (Lipinski definition) is 5. The van der Waals surface area contributed by atoms with Crippen molar-refractivity contribution in [2.45, 2.75) is 101 Å². The van der Waals surface area contributed by atoms with Gasteiger partial charge in [-0.2, -0.15) is 0 Å². The monoisotopic (exact) mass is 724 g/mol. The third-order valence-corrected chi connectivity index (χ3v) is 14.7. The SMILES string of the molecule is NC(C(=O)N[C@@H](CC1CC1)c1ncc(-c2ccc(-c3ccc(-c4cnc([C@@H]5C[C@H]6C[C@H]6N5C(=O)C(N)C5C[C@@H]6C[C@@H]6C5)[nH]4)cc3)cc2)[nH]1)C1C[C@@H]2C[C@@H]2C1. The first-order valence-electron chi connectivity index (χ1n) is 20.8. The summed E-state index contributed by atoms with van der Waals surface area (Å²) in [5.74, 6) is 6.88. The number of nitrogens with zero attached hydrogens (tertiary/aromatic N) is 3. The number of nitrogens with two attached hydrogens (primary N) is 2. The lowest BCUT2D eigenvalue weighted by atomic mass is 9.93. The van der Waals surface area contributed by atoms with Crippen LogP contribution < -0.4 is 16.8 Å². The van der Waals surface area contributed by atoms with Crippen LogP contribution in [0.25, 0.3) is 33.6 Å². The Morgan fingerprint density at radius 1 is 0.685 bits per heavy atom. The van der Waals surface area contributed by atoms with E-state index >= 15 is 0 Å². The molecule has 1 aliphatic heterocycles. The maximum absolute atomic E-state index is 13.7. The molecule has 11 rings (SSSR count). The van der Waals surface area contributed by atoms with Gasteiger partial charge in [-0.1, -0.05) is 61.4 Å². The zero-order chi connectivity index (χ0) is 36.2. The number of nitrogens with one attached hydrogen (secondary N) is 3. The third-order valence-electron chi connectivity index (χ3n) is 14.7. The highest BCUT2D eigenvalue weighted by Gasteiger charge is 2.57. The Morgan fingerprint density at radius 2 is 1.24 bits per heavy atom. The lowest BCUT2D eigenvalue weighted by molar-refractivity contribution is -0.136. The number of aromatic amines is 2. The second kappa shape index (κ2) is 12.6. The van der Waals surface area contributed by atoms with Crippen molar-refractivity contribution in [3.05, 3.63) is 72.6 Å². The molecule has 7 N–H and O–H groups in total. The number of likely N-dealkylation sites (tertiary alicyclic amines) is 1. The van der Waals surface area contributed by atoms with Gasteiger partial charge in [-0.25, -0.2) is 9.97 Å². The van der Waals surface area contributed by atoms with Gasteiger partial charge in [0.1, 0.15) is 11.6 Å². The van der Waals surface area contributed by atoms with Gasteiger partial charge in [0.05, 0.1) is 47.9 Å². The van der Waals surface area contributed by atoms with Crippen LogP contribution >= 0.6 is 0 Å². The van der Waals surface area contributed by atoms with Gasteiger partial charge in [0, 0.05) is 6.04 Å². The van der Waals surface area contributed by atoms with Crippen molar-refractivity contribution in [3.8, 4) is 33.6 Å². The van der Waals surface area contributed by atoms with Crippen LogP contribution in [-0.4, -0.2) is 54.8 Å². The Labute approximate surface area is 316 Å². The Balaban J connectivity index is 0.742. The van der Waals surface area contributed by atoms with Gasteiger partial charge < -0.3 is 31.7 Å². The Bertz CT molecular complexity index is 2050. The largest absolute Gasteiger partial charge is 0.345 e. The molecule has 0 spiro atoms. The van der Waals surface area contributed by atoms with Gasteiger partial charge in [-0.15, -0.1) is 0 Å². The molecule has 7 fully saturated rings. The van der Waals surface area contributed by atoms with Gasteiger partial charge in [0.15, 0.2) is 0 Å². The number of amides is 2. The molecule has 4 unspecified atom stereocenters. The standard InChI is InChI=1S/C44H52N8O2/c45-39(32-14-27-12-28(27)15-32)43(53)51-34(11-22-1-2-22)41-47-20-35(49-41)25-7-3-23(4-8-25)24-5-9-26(10-6-24)36-21-48-42(50-36)38-19-31-18-37(31)52(38)44(54)40(46)33-16-29-13-30(29)17-33/h3-10,20-22,27-34,37-40H,1-2,11-19,45-46H2,(H,47,49)(H,48,50)(H,51,53)/t27-,28+,29-,30+,31-,32?,33?,34+,37-,38+,39?,40?/m1/s1. The minimum absolute atomic E-state index is 0.0196. The van der Waals surface area contributed by atoms with E-state index in [1.54, 1.807) is 0 Å². The van der Waals surface area contributed by atoms with Crippen LogP contribution in [0.3, 0.4) is 0 Å². The Morgan fingerprint density at radius 3 is 1.85 bits per heavy atom. The van der Waals surface area contributed by atoms with Crippen LogP contribution in [0.15, 0.2) is 60.9 Å². The number of imidazole rings is 2. The first-order chi connectivity index (χ1) is 26.3. The molecule has 6 aliphatic carbocycles. The van der Waals surface area contributed by atoms with E-state index in [0.29, 0.717) is 29.7 Å². The highest BCUT2D eigenvalue weighted by molar-refractivity contribution is 5.84. The van der Waals surface area contributed by atoms with Crippen molar-refractivity contribution in [1.82, 2.24) is 30.2 Å². The second-order valence-corrected chi connectivity index (χ2v) is 18.3. The first kappa shape index (κ1) is 33.1. The Hall–Kier alpha value is -4.28. The highest BCUT2D eigenvalue weighted by atomic mass is 16.2. The van der Waals surface area contributed by atoms with Gasteiger partial charge in [0.25, 0.3) is 0 Å². The van der Waals surface area contributed by atoms with Gasteiger partial charge in [0.2, 0.25) is 11.8 Å². The van der Waals surface area contributed by atoms with E-state index < -0.39 is 6.04 Å². The Kier molecular flexibility index (Phi) is 7.74. The minimum Gasteiger partial charge on any atom is -0.345 e. The van der Waals surface area contributed by atoms with Crippen molar-refractivity contribution in [3.63, 3.8) is 0 Å². The smallest absolute Gasteiger partial charge is 0.240 e. The highest BCUT2D eigenvalue weighted by Crippen LogP contribution is 2.57. The normalized spacial score (nSPS) is 33.1. The lowest BCUT2D eigenvalue weighted by Crippen LogP contribution is -2.48. The van der Waals surface area contributed by atoms with Crippen LogP contribution in [0.1, 0.15) is 94.4 Å². The van der Waals surface area contributed by atoms with Crippen LogP contribution in [0, 0.1) is 47.3 Å². The van der Waals surface area contributed by atoms with E-state index in [0.717, 1.165) is 114 Å². The quantitative estimate of drug-likeness (QED) is 0.112. The van der Waals surface area contributed by atoms with Crippen molar-refractivity contribution < 1.29 is 9.59 Å². The minimum atomic E-state index is -0.436. The topological polar surface area (TPSA) is 159 Å². The molecule has 12 atom stereocenters. The lowest BCUT2D eigenvalue weighted by Gasteiger charge is -2.31. The number of hydrogen-bond acceptors (Lipinski definition) is 6. The van der Waals surface area contributed by atoms with Crippen LogP contribution in [-0.2, 0) is 9.59 Å². The summed E-state index contributed by atoms with van der Waals surface area (Å²) in [6.07, 6.45) is 16.3. The van der Waals surface area contributed by atoms with Crippen molar-refractivity contribution in [2.75, 3.05) is 0 Å². The maximum Gasteiger partial charge on any atom is 0.240 e. The van der Waals surface area contributed by atoms with Gasteiger partial charge in [-0.05, 0) is 127 Å². The first-order valence-corrected chi connectivity index (χ1v) is 20.8. The molecule has 2 amide bonds. The summed E-state index contributed by atoms with van der Waals surface area (Å²) < 4.78 is 0. The summed E-state index contributed by atoms with van der Waals surface area (Å²) in [4.78, 5) is 45.7. The van der Waals surface area contributed by atoms with Gasteiger partial charge >= 0.3 is 0 Å². The fraction of sp³-hybridized carbons (Fsp3) is 0.545. The number of benzene rings is 2. The molecule has 7 aliphatic rings. The van der Waals surface area contributed by atoms with E-state index in [1.807, 2.05) is 12.4 Å². The fourth-order valence-corrected chi connectivity index (χ4v) is 10.9. The second-order valence-electron chi connectivity index (χ2n) is 18.3. The zero-order valence-corrected chi connectivity index (χ0v) is 30.9. The average Bonchev–Trinajstić information content (AvgIpc) is 4.19. The van der Waals surface area contributed by atoms with Gasteiger partial charge in [-0.3, -0.25) is 9.59 Å². The molecule has 280 valence electrons. The molecule has 1 saturated heterocycles. The number of aromatic nitrogens is 4. The van der Waals surface area contributed by atoms with Crippen LogP contribution in [0.5, 0.6) is 0 Å². The molecule has 0 radical (unpaired) electrons. The molecular formula is C44H52N8O2. The summed E-state index contributed by atoms with van der Waals surface area (Å²) in [6, 6.07) is 16.4. The molecule has 2 aromatic carbocycles. The number of carbonyl (C=O) groups is 2. The van der Waals surface area contributed by atoms with Crippen molar-refractivity contribution in [2.24, 2.45) is 58.8 Å². The molecule has 6 saturated carbocycles. The summed E-state index contributed by atoms with van der Waals surface area (Å²) >= 11 is 0. The maximum atomic E-state index is 13.7. The van der Waals surface area contributed by atoms with E-state index in [9.17, 15) is 9.59 Å². The van der Waals surface area contributed by atoms with Crippen LogP contribution in [0.2, 0.25) is 0 Å². The molecule has 4 aromatic rings. The molecule has 10 nitrogen and oxygen atoms in total. The molecule has 2 aromatic heterocycles. The molecule has 3 heterocycles. The summed E-state index contributed by atoms with van der Waals surface area (Å²) in [7, 11) is 0. The fourth-order valence-electron chi connectivity index (χ4n) is 10.9. The van der Waals surface area contributed by atoms with E-state index in [-0.39, 0.29) is 29.9 Å². The number of piperidine rings is 1. The third kappa shape index (κ3) is 6.10. The summed E-state index contributed by atoms with van der Waals surface area (Å²) in [5, 5.41) is 3.28. The molecular weight excluding hydrogens is 673 g/mol. The molecule has 54 heavy (non-hydrogen) atoms. The van der Waals surface area contributed by atoms with Crippen molar-refractivity contribution >= 4 is 11.8 Å². The van der Waals surface area contributed by atoms with E-state index in [1.165, 1.54) is 25.7 Å². The molecule has 0 bridgehead atoms. The molecule has 10 heteroatoms. The van der Waals surface area contributed by atoms with Crippen LogP contribution in [0.4, 0.5) is 0 Å². The van der Waals surface area contributed by atoms with E-state index in [2.05, 4.69) is 68.7 Å². The number of fused-ring (bicyclic) bond motifs is 3. The average molecular weight is 725 g/mol. The van der Waals surface area contributed by atoms with Crippen molar-refractivity contribution in [1.29, 1.82) is 0 Å². The summed E-state index contributed by atoms with van der Waals surface area (Å²) in [6.45, 7) is 0. The summed E-state index contributed by atoms with van der Waals surface area (Å²) in [5.41, 5.74) is 19.4. The number of H-pyrrole nitrogens is 2. The number of carbonyl (C=O) groups excluding carboxylic acids is 2. The predicted octanol–water partition coefficient (Wildman–Crippen LogP) is 6.50. The number of rotatable bonds is 12. The van der Waals surface area contributed by atoms with E-state index in [4.69, 9.17) is 21.4 Å². The zero-order valence-electron chi connectivity index (χ0n) is 30.9. The predicted molar refractivity (Wildman–Crippen MR) is 206 cm³/mol.